The Morgan fingerprint density at radius 2 is 2.22 bits per heavy atom. The van der Waals surface area contributed by atoms with Gasteiger partial charge in [-0.3, -0.25) is 4.79 Å². The maximum Gasteiger partial charge on any atom is 0.241 e. The summed E-state index contributed by atoms with van der Waals surface area (Å²) in [4.78, 5) is 21.1. The van der Waals surface area contributed by atoms with E-state index in [4.69, 9.17) is 16.3 Å². The molecule has 0 spiro atoms. The highest BCUT2D eigenvalue weighted by molar-refractivity contribution is 6.29. The number of hydrogen-bond donors (Lipinski definition) is 1. The number of rotatable bonds is 6. The average Bonchev–Trinajstić information content (AvgIpc) is 2.32. The van der Waals surface area contributed by atoms with Crippen molar-refractivity contribution >= 4 is 23.3 Å². The molecule has 0 saturated carbocycles. The first-order chi connectivity index (χ1) is 8.52. The van der Waals surface area contributed by atoms with Crippen LogP contribution in [0.1, 0.15) is 12.7 Å². The Bertz CT molecular complexity index is 412. The number of hydrogen-bond acceptors (Lipinski definition) is 5. The van der Waals surface area contributed by atoms with Crippen LogP contribution < -0.4 is 5.32 Å². The van der Waals surface area contributed by atoms with E-state index in [9.17, 15) is 4.79 Å². The summed E-state index contributed by atoms with van der Waals surface area (Å²) in [6.45, 7) is 2.93. The van der Waals surface area contributed by atoms with Gasteiger partial charge < -0.3 is 15.0 Å². The van der Waals surface area contributed by atoms with Crippen molar-refractivity contribution in [1.82, 2.24) is 14.9 Å². The molecule has 0 saturated heterocycles. The summed E-state index contributed by atoms with van der Waals surface area (Å²) in [6, 6.07) is 1.57. The van der Waals surface area contributed by atoms with Crippen molar-refractivity contribution in [2.24, 2.45) is 0 Å². The Morgan fingerprint density at radius 1 is 1.50 bits per heavy atom. The van der Waals surface area contributed by atoms with Crippen LogP contribution in [0.3, 0.4) is 0 Å². The summed E-state index contributed by atoms with van der Waals surface area (Å²) in [5, 5.41) is 3.22. The molecular weight excluding hydrogens is 256 g/mol. The monoisotopic (exact) mass is 272 g/mol. The third-order valence-corrected chi connectivity index (χ3v) is 2.29. The average molecular weight is 273 g/mol. The van der Waals surface area contributed by atoms with Crippen molar-refractivity contribution in [2.75, 3.05) is 32.6 Å². The number of carbonyl (C=O) groups excluding carboxylic acids is 1. The molecule has 0 aliphatic carbocycles. The predicted molar refractivity (Wildman–Crippen MR) is 69.6 cm³/mol. The first-order valence-corrected chi connectivity index (χ1v) is 5.96. The van der Waals surface area contributed by atoms with Gasteiger partial charge in [0, 0.05) is 26.8 Å². The van der Waals surface area contributed by atoms with Gasteiger partial charge in [-0.05, 0) is 6.92 Å². The van der Waals surface area contributed by atoms with E-state index in [1.807, 2.05) is 6.92 Å². The van der Waals surface area contributed by atoms with Gasteiger partial charge in [-0.15, -0.1) is 0 Å². The van der Waals surface area contributed by atoms with Crippen LogP contribution in [0, 0.1) is 0 Å². The fourth-order valence-corrected chi connectivity index (χ4v) is 1.34. The van der Waals surface area contributed by atoms with Crippen molar-refractivity contribution in [1.29, 1.82) is 0 Å². The third kappa shape index (κ3) is 4.85. The second-order valence-electron chi connectivity index (χ2n) is 3.77. The smallest absolute Gasteiger partial charge is 0.241 e. The van der Waals surface area contributed by atoms with Crippen LogP contribution in [0.2, 0.25) is 5.15 Å². The SMILES string of the molecule is CCOCc1nc(Cl)cc(NCC(=O)N(C)C)n1. The summed E-state index contributed by atoms with van der Waals surface area (Å²) in [5.74, 6) is 0.958. The van der Waals surface area contributed by atoms with Gasteiger partial charge >= 0.3 is 0 Å². The lowest BCUT2D eigenvalue weighted by Gasteiger charge is -2.12. The Kier molecular flexibility index (Phi) is 5.80. The fraction of sp³-hybridized carbons (Fsp3) is 0.545. The van der Waals surface area contributed by atoms with Crippen molar-refractivity contribution in [3.8, 4) is 0 Å². The van der Waals surface area contributed by atoms with Gasteiger partial charge in [-0.1, -0.05) is 11.6 Å². The second kappa shape index (κ2) is 7.13. The van der Waals surface area contributed by atoms with E-state index in [1.165, 1.54) is 4.90 Å². The fourth-order valence-electron chi connectivity index (χ4n) is 1.14. The van der Waals surface area contributed by atoms with E-state index in [2.05, 4.69) is 15.3 Å². The van der Waals surface area contributed by atoms with Gasteiger partial charge in [0.2, 0.25) is 5.91 Å². The van der Waals surface area contributed by atoms with E-state index in [1.54, 1.807) is 20.2 Å². The highest BCUT2D eigenvalue weighted by atomic mass is 35.5. The van der Waals surface area contributed by atoms with Gasteiger partial charge in [0.05, 0.1) is 6.54 Å². The Balaban J connectivity index is 2.65. The minimum atomic E-state index is -0.0453. The molecule has 1 aromatic heterocycles. The van der Waals surface area contributed by atoms with Crippen LogP contribution in [0.5, 0.6) is 0 Å². The molecule has 0 aliphatic rings. The van der Waals surface area contributed by atoms with Crippen molar-refractivity contribution in [3.05, 3.63) is 17.0 Å². The molecule has 1 N–H and O–H groups in total. The van der Waals surface area contributed by atoms with Crippen LogP contribution in [0.4, 0.5) is 5.82 Å². The molecule has 100 valence electrons. The maximum absolute atomic E-state index is 11.4. The van der Waals surface area contributed by atoms with E-state index in [0.717, 1.165) is 0 Å². The number of aromatic nitrogens is 2. The van der Waals surface area contributed by atoms with Crippen LogP contribution in [-0.2, 0) is 16.1 Å². The zero-order chi connectivity index (χ0) is 13.5. The molecule has 6 nitrogen and oxygen atoms in total. The molecule has 18 heavy (non-hydrogen) atoms. The number of likely N-dealkylation sites (N-methyl/N-ethyl adjacent to an activating group) is 1. The first kappa shape index (κ1) is 14.7. The summed E-state index contributed by atoms with van der Waals surface area (Å²) >= 11 is 5.86. The zero-order valence-electron chi connectivity index (χ0n) is 10.7. The van der Waals surface area contributed by atoms with Gasteiger partial charge in [0.15, 0.2) is 5.82 Å². The summed E-state index contributed by atoms with van der Waals surface area (Å²) < 4.78 is 5.21. The minimum absolute atomic E-state index is 0.0453. The topological polar surface area (TPSA) is 67.3 Å². The third-order valence-electron chi connectivity index (χ3n) is 2.10. The second-order valence-corrected chi connectivity index (χ2v) is 4.16. The molecule has 0 fully saturated rings. The molecule has 1 heterocycles. The van der Waals surface area contributed by atoms with Crippen LogP contribution in [0.15, 0.2) is 6.07 Å². The van der Waals surface area contributed by atoms with Gasteiger partial charge in [0.1, 0.15) is 17.6 Å². The molecule has 0 aliphatic heterocycles. The molecule has 1 rings (SSSR count). The van der Waals surface area contributed by atoms with Crippen molar-refractivity contribution < 1.29 is 9.53 Å². The molecule has 1 amide bonds. The van der Waals surface area contributed by atoms with E-state index >= 15 is 0 Å². The standard InChI is InChI=1S/C11H17ClN4O2/c1-4-18-7-10-14-8(12)5-9(15-10)13-6-11(17)16(2)3/h5H,4,6-7H2,1-3H3,(H,13,14,15). The van der Waals surface area contributed by atoms with Crippen LogP contribution in [0.25, 0.3) is 0 Å². The maximum atomic E-state index is 11.4. The van der Waals surface area contributed by atoms with E-state index in [-0.39, 0.29) is 12.5 Å². The normalized spacial score (nSPS) is 10.2. The molecule has 1 aromatic rings. The highest BCUT2D eigenvalue weighted by Crippen LogP contribution is 2.12. The number of amides is 1. The first-order valence-electron chi connectivity index (χ1n) is 5.58. The number of nitrogens with zero attached hydrogens (tertiary/aromatic N) is 3. The number of anilines is 1. The van der Waals surface area contributed by atoms with Gasteiger partial charge in [-0.2, -0.15) is 0 Å². The van der Waals surface area contributed by atoms with Crippen LogP contribution >= 0.6 is 11.6 Å². The lowest BCUT2D eigenvalue weighted by Crippen LogP contribution is -2.28. The molecule has 0 unspecified atom stereocenters. The number of nitrogens with one attached hydrogen (secondary N) is 1. The number of ether oxygens (including phenoxy) is 1. The largest absolute Gasteiger partial charge is 0.374 e. The molecule has 0 aromatic carbocycles. The summed E-state index contributed by atoms with van der Waals surface area (Å²) in [7, 11) is 3.38. The highest BCUT2D eigenvalue weighted by Gasteiger charge is 2.06. The molecule has 0 bridgehead atoms. The predicted octanol–water partition coefficient (Wildman–Crippen LogP) is 1.17. The lowest BCUT2D eigenvalue weighted by atomic mass is 10.5. The van der Waals surface area contributed by atoms with E-state index in [0.29, 0.717) is 30.0 Å². The molecular formula is C11H17ClN4O2. The quantitative estimate of drug-likeness (QED) is 0.788. The Morgan fingerprint density at radius 3 is 2.83 bits per heavy atom. The van der Waals surface area contributed by atoms with Gasteiger partial charge in [0.25, 0.3) is 0 Å². The zero-order valence-corrected chi connectivity index (χ0v) is 11.5. The lowest BCUT2D eigenvalue weighted by molar-refractivity contribution is -0.126. The molecule has 7 heteroatoms. The Labute approximate surface area is 111 Å². The number of halogens is 1. The molecule has 0 radical (unpaired) electrons. The van der Waals surface area contributed by atoms with Gasteiger partial charge in [-0.25, -0.2) is 9.97 Å². The molecule has 0 atom stereocenters. The van der Waals surface area contributed by atoms with Crippen molar-refractivity contribution in [2.45, 2.75) is 13.5 Å². The number of carbonyl (C=O) groups is 1. The van der Waals surface area contributed by atoms with Crippen LogP contribution in [-0.4, -0.2) is 48.0 Å². The van der Waals surface area contributed by atoms with Crippen molar-refractivity contribution in [3.63, 3.8) is 0 Å². The van der Waals surface area contributed by atoms with E-state index < -0.39 is 0 Å². The Hall–Kier alpha value is -1.40. The minimum Gasteiger partial charge on any atom is -0.374 e. The summed E-state index contributed by atoms with van der Waals surface area (Å²) in [5.41, 5.74) is 0. The summed E-state index contributed by atoms with van der Waals surface area (Å²) in [6.07, 6.45) is 0.